The van der Waals surface area contributed by atoms with Gasteiger partial charge in [0.1, 0.15) is 0 Å². The van der Waals surface area contributed by atoms with Gasteiger partial charge in [0, 0.05) is 17.5 Å². The van der Waals surface area contributed by atoms with E-state index >= 15 is 0 Å². The Morgan fingerprint density at radius 1 is 1.15 bits per heavy atom. The molecule has 1 unspecified atom stereocenters. The molecule has 2 heterocycles. The standard InChI is InChI=1S/C17H15F3N2O5/c18-17(19,20)16-21-15(22-27-16)11-3-1-10(2-4-11)14(24)13(23)6-5-12-9-25-7-8-26-12/h1-4,12H,5-9H2. The molecule has 0 aliphatic carbocycles. The van der Waals surface area contributed by atoms with Gasteiger partial charge >= 0.3 is 12.1 Å². The van der Waals surface area contributed by atoms with Crippen LogP contribution in [0.25, 0.3) is 11.4 Å². The first-order chi connectivity index (χ1) is 12.8. The van der Waals surface area contributed by atoms with E-state index in [1.807, 2.05) is 0 Å². The Bertz CT molecular complexity index is 811. The van der Waals surface area contributed by atoms with Gasteiger partial charge in [0.05, 0.1) is 25.9 Å². The van der Waals surface area contributed by atoms with Crippen molar-refractivity contribution in [1.29, 1.82) is 0 Å². The minimum absolute atomic E-state index is 0.0222. The molecule has 1 fully saturated rings. The first-order valence-electron chi connectivity index (χ1n) is 8.13. The number of nitrogens with zero attached hydrogens (tertiary/aromatic N) is 2. The van der Waals surface area contributed by atoms with Crippen molar-refractivity contribution in [1.82, 2.24) is 10.1 Å². The fraction of sp³-hybridized carbons (Fsp3) is 0.412. The summed E-state index contributed by atoms with van der Waals surface area (Å²) in [4.78, 5) is 27.5. The molecule has 1 atom stereocenters. The van der Waals surface area contributed by atoms with Crippen molar-refractivity contribution >= 4 is 11.6 Å². The first-order valence-corrected chi connectivity index (χ1v) is 8.13. The number of ketones is 2. The highest BCUT2D eigenvalue weighted by Gasteiger charge is 2.38. The number of rotatable bonds is 6. The molecule has 1 aliphatic heterocycles. The Morgan fingerprint density at radius 2 is 1.89 bits per heavy atom. The topological polar surface area (TPSA) is 91.5 Å². The number of ether oxygens (including phenoxy) is 2. The summed E-state index contributed by atoms with van der Waals surface area (Å²) < 4.78 is 52.3. The van der Waals surface area contributed by atoms with Gasteiger partial charge in [-0.1, -0.05) is 29.4 Å². The SMILES string of the molecule is O=C(CCC1COCCO1)C(=O)c1ccc(-c2noc(C(F)(F)F)n2)cc1. The Balaban J connectivity index is 1.61. The molecule has 1 aliphatic rings. The molecule has 0 N–H and O–H groups in total. The maximum atomic E-state index is 12.5. The molecule has 0 spiro atoms. The third-order valence-corrected chi connectivity index (χ3v) is 3.91. The van der Waals surface area contributed by atoms with Crippen molar-refractivity contribution in [2.75, 3.05) is 19.8 Å². The van der Waals surface area contributed by atoms with E-state index in [0.717, 1.165) is 0 Å². The molecule has 1 aromatic carbocycles. The van der Waals surface area contributed by atoms with Crippen molar-refractivity contribution in [2.24, 2.45) is 0 Å². The van der Waals surface area contributed by atoms with Gasteiger partial charge in [-0.15, -0.1) is 0 Å². The monoisotopic (exact) mass is 384 g/mol. The Kier molecular flexibility index (Phi) is 5.66. The van der Waals surface area contributed by atoms with Gasteiger partial charge in [0.2, 0.25) is 17.4 Å². The van der Waals surface area contributed by atoms with E-state index in [0.29, 0.717) is 26.2 Å². The average molecular weight is 384 g/mol. The van der Waals surface area contributed by atoms with E-state index < -0.39 is 23.6 Å². The molecule has 0 saturated carbocycles. The molecule has 1 saturated heterocycles. The van der Waals surface area contributed by atoms with Crippen LogP contribution < -0.4 is 0 Å². The van der Waals surface area contributed by atoms with Gasteiger partial charge in [-0.3, -0.25) is 9.59 Å². The van der Waals surface area contributed by atoms with Gasteiger partial charge in [0.15, 0.2) is 0 Å². The van der Waals surface area contributed by atoms with Crippen molar-refractivity contribution in [3.63, 3.8) is 0 Å². The second-order valence-electron chi connectivity index (χ2n) is 5.86. The second-order valence-corrected chi connectivity index (χ2v) is 5.86. The summed E-state index contributed by atoms with van der Waals surface area (Å²) in [7, 11) is 0. The van der Waals surface area contributed by atoms with E-state index in [1.54, 1.807) is 0 Å². The van der Waals surface area contributed by atoms with Gasteiger partial charge in [0.25, 0.3) is 0 Å². The quantitative estimate of drug-likeness (QED) is 0.559. The summed E-state index contributed by atoms with van der Waals surface area (Å²) in [5, 5.41) is 3.26. The minimum Gasteiger partial charge on any atom is -0.376 e. The number of carbonyl (C=O) groups is 2. The van der Waals surface area contributed by atoms with Crippen molar-refractivity contribution in [2.45, 2.75) is 25.1 Å². The fourth-order valence-electron chi connectivity index (χ4n) is 2.50. The molecule has 0 amide bonds. The minimum atomic E-state index is -4.74. The molecule has 0 radical (unpaired) electrons. The summed E-state index contributed by atoms with van der Waals surface area (Å²) in [6.45, 7) is 1.36. The van der Waals surface area contributed by atoms with Crippen molar-refractivity contribution < 1.29 is 36.8 Å². The van der Waals surface area contributed by atoms with Crippen molar-refractivity contribution in [3.05, 3.63) is 35.7 Å². The van der Waals surface area contributed by atoms with Crippen LogP contribution in [0.3, 0.4) is 0 Å². The number of hydrogen-bond acceptors (Lipinski definition) is 7. The van der Waals surface area contributed by atoms with E-state index in [4.69, 9.17) is 9.47 Å². The Hall–Kier alpha value is -2.59. The lowest BCUT2D eigenvalue weighted by Gasteiger charge is -2.22. The summed E-state index contributed by atoms with van der Waals surface area (Å²) in [5.41, 5.74) is 0.357. The summed E-state index contributed by atoms with van der Waals surface area (Å²) in [6, 6.07) is 5.37. The molecule has 3 rings (SSSR count). The zero-order valence-electron chi connectivity index (χ0n) is 14.0. The Labute approximate surface area is 151 Å². The number of alkyl halides is 3. The summed E-state index contributed by atoms with van der Waals surface area (Å²) in [6.07, 6.45) is -4.54. The van der Waals surface area contributed by atoms with Crippen LogP contribution in [0.4, 0.5) is 13.2 Å². The lowest BCUT2D eigenvalue weighted by molar-refractivity contribution is -0.159. The highest BCUT2D eigenvalue weighted by Crippen LogP contribution is 2.29. The Morgan fingerprint density at radius 3 is 2.48 bits per heavy atom. The number of halogens is 3. The molecule has 144 valence electrons. The van der Waals surface area contributed by atoms with Crippen LogP contribution in [0.2, 0.25) is 0 Å². The second kappa shape index (κ2) is 7.97. The number of Topliss-reactive ketones (excluding diaryl/α,β-unsaturated/α-hetero) is 2. The predicted molar refractivity (Wildman–Crippen MR) is 83.9 cm³/mol. The number of benzene rings is 1. The zero-order chi connectivity index (χ0) is 19.4. The highest BCUT2D eigenvalue weighted by molar-refractivity contribution is 6.43. The molecule has 27 heavy (non-hydrogen) atoms. The van der Waals surface area contributed by atoms with Crippen LogP contribution in [0.1, 0.15) is 29.1 Å². The van der Waals surface area contributed by atoms with E-state index in [-0.39, 0.29) is 29.5 Å². The largest absolute Gasteiger partial charge is 0.471 e. The zero-order valence-corrected chi connectivity index (χ0v) is 14.0. The number of hydrogen-bond donors (Lipinski definition) is 0. The molecular formula is C17H15F3N2O5. The van der Waals surface area contributed by atoms with Gasteiger partial charge in [-0.05, 0) is 6.42 Å². The normalized spacial score (nSPS) is 17.7. The third kappa shape index (κ3) is 4.77. The highest BCUT2D eigenvalue weighted by atomic mass is 19.4. The van der Waals surface area contributed by atoms with Crippen LogP contribution in [-0.4, -0.2) is 47.6 Å². The summed E-state index contributed by atoms with van der Waals surface area (Å²) >= 11 is 0. The lowest BCUT2D eigenvalue weighted by Crippen LogP contribution is -2.29. The van der Waals surface area contributed by atoms with Gasteiger partial charge in [-0.2, -0.15) is 18.2 Å². The van der Waals surface area contributed by atoms with Crippen LogP contribution in [0.5, 0.6) is 0 Å². The first kappa shape index (κ1) is 19.2. The number of carbonyl (C=O) groups excluding carboxylic acids is 2. The van der Waals surface area contributed by atoms with Gasteiger partial charge < -0.3 is 14.0 Å². The molecule has 0 bridgehead atoms. The van der Waals surface area contributed by atoms with Crippen LogP contribution in [0, 0.1) is 0 Å². The average Bonchev–Trinajstić information content (AvgIpc) is 3.17. The van der Waals surface area contributed by atoms with E-state index in [1.165, 1.54) is 24.3 Å². The van der Waals surface area contributed by atoms with Crippen LogP contribution >= 0.6 is 0 Å². The third-order valence-electron chi connectivity index (χ3n) is 3.91. The number of aromatic nitrogens is 2. The van der Waals surface area contributed by atoms with Crippen LogP contribution in [0.15, 0.2) is 28.8 Å². The van der Waals surface area contributed by atoms with Gasteiger partial charge in [-0.25, -0.2) is 0 Å². The molecule has 1 aromatic heterocycles. The fourth-order valence-corrected chi connectivity index (χ4v) is 2.50. The van der Waals surface area contributed by atoms with Crippen LogP contribution in [-0.2, 0) is 20.4 Å². The molecule has 2 aromatic rings. The smallest absolute Gasteiger partial charge is 0.376 e. The lowest BCUT2D eigenvalue weighted by atomic mass is 10.0. The molecule has 7 nitrogen and oxygen atoms in total. The van der Waals surface area contributed by atoms with E-state index in [9.17, 15) is 22.8 Å². The molecular weight excluding hydrogens is 369 g/mol. The van der Waals surface area contributed by atoms with Crippen molar-refractivity contribution in [3.8, 4) is 11.4 Å². The summed E-state index contributed by atoms with van der Waals surface area (Å²) in [5.74, 6) is -2.97. The molecule has 10 heteroatoms. The van der Waals surface area contributed by atoms with E-state index in [2.05, 4.69) is 14.7 Å². The maximum absolute atomic E-state index is 12.5. The maximum Gasteiger partial charge on any atom is 0.471 e. The predicted octanol–water partition coefficient (Wildman–Crippen LogP) is 2.70.